The summed E-state index contributed by atoms with van der Waals surface area (Å²) in [5, 5.41) is 9.79. The van der Waals surface area contributed by atoms with Crippen molar-refractivity contribution in [2.75, 3.05) is 6.61 Å². The molecule has 6 heteroatoms. The van der Waals surface area contributed by atoms with Gasteiger partial charge >= 0.3 is 11.9 Å². The fraction of sp³-hybridized carbons (Fsp3) is 0.833. The van der Waals surface area contributed by atoms with Gasteiger partial charge in [0, 0.05) is 30.5 Å². The number of allylic oxidation sites excluding steroid dienone is 1. The van der Waals surface area contributed by atoms with Crippen LogP contribution in [0, 0.1) is 34.0 Å². The van der Waals surface area contributed by atoms with Crippen LogP contribution in [0.15, 0.2) is 11.6 Å². The minimum atomic E-state index is -0.223. The van der Waals surface area contributed by atoms with Crippen LogP contribution < -0.4 is 0 Å². The molecule has 4 aliphatic carbocycles. The summed E-state index contributed by atoms with van der Waals surface area (Å²) in [5.41, 5.74) is 1.34. The van der Waals surface area contributed by atoms with Crippen LogP contribution in [-0.2, 0) is 19.1 Å². The van der Waals surface area contributed by atoms with Gasteiger partial charge in [-0.2, -0.15) is 0 Å². The summed E-state index contributed by atoms with van der Waals surface area (Å²) in [6, 6.07) is 0. The molecular formula is C24H35BrO5. The Morgan fingerprint density at radius 3 is 2.37 bits per heavy atom. The first-order valence-electron chi connectivity index (χ1n) is 11.2. The molecular weight excluding hydrogens is 448 g/mol. The van der Waals surface area contributed by atoms with Gasteiger partial charge in [0.1, 0.15) is 12.2 Å². The average Bonchev–Trinajstić information content (AvgIpc) is 3.35. The first-order chi connectivity index (χ1) is 13.9. The monoisotopic (exact) mass is 482 g/mol. The third kappa shape index (κ3) is 3.37. The van der Waals surface area contributed by atoms with Crippen LogP contribution in [0.3, 0.4) is 0 Å². The number of carbonyl (C=O) groups is 2. The van der Waals surface area contributed by atoms with E-state index in [1.807, 2.05) is 0 Å². The molecule has 0 radical (unpaired) electrons. The van der Waals surface area contributed by atoms with E-state index in [0.29, 0.717) is 11.8 Å². The van der Waals surface area contributed by atoms with Gasteiger partial charge in [-0.25, -0.2) is 0 Å². The average molecular weight is 483 g/mol. The number of ether oxygens (including phenoxy) is 2. The third-order valence-corrected chi connectivity index (χ3v) is 10.4. The molecule has 4 aliphatic rings. The van der Waals surface area contributed by atoms with Crippen molar-refractivity contribution >= 4 is 27.9 Å². The van der Waals surface area contributed by atoms with Crippen molar-refractivity contribution < 1.29 is 24.2 Å². The summed E-state index contributed by atoms with van der Waals surface area (Å²) in [4.78, 5) is 23.7. The van der Waals surface area contributed by atoms with Crippen LogP contribution in [0.2, 0.25) is 0 Å². The van der Waals surface area contributed by atoms with Gasteiger partial charge in [-0.1, -0.05) is 48.4 Å². The minimum Gasteiger partial charge on any atom is -0.462 e. The maximum atomic E-state index is 12.0. The summed E-state index contributed by atoms with van der Waals surface area (Å²) < 4.78 is 11.7. The van der Waals surface area contributed by atoms with Crippen LogP contribution in [-0.4, -0.2) is 40.7 Å². The molecule has 0 amide bonds. The molecule has 5 nitrogen and oxygen atoms in total. The largest absolute Gasteiger partial charge is 0.462 e. The highest BCUT2D eigenvalue weighted by atomic mass is 79.9. The van der Waals surface area contributed by atoms with E-state index in [1.54, 1.807) is 0 Å². The molecule has 4 rings (SSSR count). The Balaban J connectivity index is 1.73. The van der Waals surface area contributed by atoms with E-state index in [9.17, 15) is 14.7 Å². The van der Waals surface area contributed by atoms with Crippen molar-refractivity contribution in [3.63, 3.8) is 0 Å². The number of carbonyl (C=O) groups excluding carboxylic acids is 2. The van der Waals surface area contributed by atoms with E-state index in [1.165, 1.54) is 19.4 Å². The number of alkyl halides is 1. The highest BCUT2D eigenvalue weighted by Gasteiger charge is 2.71. The van der Waals surface area contributed by atoms with Gasteiger partial charge in [-0.3, -0.25) is 9.59 Å². The maximum Gasteiger partial charge on any atom is 0.302 e. The number of esters is 2. The highest BCUT2D eigenvalue weighted by molar-refractivity contribution is 9.09. The standard InChI is InChI=1S/C24H35BrO5/c1-13(27)29-18-8-20-23(4)10-17(23)19(30-14(2)28)11-24(20,5)16-6-7-22(3,9-15(16)18)21(25)12-26/h6,15,17-21,26H,7-12H2,1-5H3/t15-,17+,18-,19-,20-,21?,22+,23+,24+/m1/s1. The van der Waals surface area contributed by atoms with E-state index in [2.05, 4.69) is 42.8 Å². The molecule has 0 aliphatic heterocycles. The number of halogens is 1. The van der Waals surface area contributed by atoms with Crippen molar-refractivity contribution in [3.05, 3.63) is 11.6 Å². The number of rotatable bonds is 4. The van der Waals surface area contributed by atoms with Crippen LogP contribution in [0.25, 0.3) is 0 Å². The predicted octanol–water partition coefficient (Wildman–Crippen LogP) is 4.40. The van der Waals surface area contributed by atoms with Crippen LogP contribution >= 0.6 is 15.9 Å². The Morgan fingerprint density at radius 2 is 1.77 bits per heavy atom. The Kier molecular flexibility index (Phi) is 5.45. The van der Waals surface area contributed by atoms with Crippen LogP contribution in [0.4, 0.5) is 0 Å². The Labute approximate surface area is 188 Å². The topological polar surface area (TPSA) is 72.8 Å². The smallest absolute Gasteiger partial charge is 0.302 e. The molecule has 3 saturated carbocycles. The summed E-state index contributed by atoms with van der Waals surface area (Å²) in [6.45, 7) is 9.96. The summed E-state index contributed by atoms with van der Waals surface area (Å²) in [5.74, 6) is 0.536. The van der Waals surface area contributed by atoms with Gasteiger partial charge in [0.15, 0.2) is 0 Å². The maximum absolute atomic E-state index is 12.0. The Morgan fingerprint density at radius 1 is 1.13 bits per heavy atom. The lowest BCUT2D eigenvalue weighted by molar-refractivity contribution is -0.164. The van der Waals surface area contributed by atoms with Crippen molar-refractivity contribution in [2.45, 2.75) is 83.8 Å². The lowest BCUT2D eigenvalue weighted by Gasteiger charge is -2.58. The third-order valence-electron chi connectivity index (χ3n) is 8.99. The molecule has 1 N–H and O–H groups in total. The first kappa shape index (κ1) is 22.3. The highest BCUT2D eigenvalue weighted by Crippen LogP contribution is 2.74. The molecule has 168 valence electrons. The second-order valence-electron chi connectivity index (χ2n) is 11.0. The zero-order valence-corrected chi connectivity index (χ0v) is 20.3. The minimum absolute atomic E-state index is 0.00297. The molecule has 30 heavy (non-hydrogen) atoms. The lowest BCUT2D eigenvalue weighted by Crippen LogP contribution is -2.55. The molecule has 1 unspecified atom stereocenters. The molecule has 0 aromatic rings. The number of aliphatic hydroxyl groups excluding tert-OH is 1. The molecule has 0 spiro atoms. The quantitative estimate of drug-likeness (QED) is 0.365. The van der Waals surface area contributed by atoms with Crippen LogP contribution in [0.5, 0.6) is 0 Å². The Bertz CT molecular complexity index is 780. The van der Waals surface area contributed by atoms with Crippen molar-refractivity contribution in [1.82, 2.24) is 0 Å². The molecule has 0 saturated heterocycles. The lowest BCUT2D eigenvalue weighted by atomic mass is 9.48. The summed E-state index contributed by atoms with van der Waals surface area (Å²) >= 11 is 3.68. The zero-order valence-electron chi connectivity index (χ0n) is 18.7. The van der Waals surface area contributed by atoms with Gasteiger partial charge in [0.2, 0.25) is 0 Å². The van der Waals surface area contributed by atoms with Gasteiger partial charge in [0.05, 0.1) is 6.61 Å². The molecule has 0 heterocycles. The Hall–Kier alpha value is -0.880. The fourth-order valence-electron chi connectivity index (χ4n) is 7.38. The van der Waals surface area contributed by atoms with Crippen LogP contribution in [0.1, 0.15) is 66.7 Å². The predicted molar refractivity (Wildman–Crippen MR) is 117 cm³/mol. The molecule has 0 aromatic heterocycles. The zero-order chi connectivity index (χ0) is 22.1. The molecule has 0 aromatic carbocycles. The van der Waals surface area contributed by atoms with E-state index in [0.717, 1.165) is 32.1 Å². The number of hydrogen-bond donors (Lipinski definition) is 1. The fourth-order valence-corrected chi connectivity index (χ4v) is 7.76. The van der Waals surface area contributed by atoms with Crippen molar-refractivity contribution in [1.29, 1.82) is 0 Å². The second kappa shape index (κ2) is 7.33. The normalized spacial score (nSPS) is 47.7. The second-order valence-corrected chi connectivity index (χ2v) is 12.1. The van der Waals surface area contributed by atoms with E-state index >= 15 is 0 Å². The molecule has 9 atom stereocenters. The number of hydrogen-bond acceptors (Lipinski definition) is 5. The van der Waals surface area contributed by atoms with Gasteiger partial charge in [-0.05, 0) is 54.3 Å². The molecule has 0 bridgehead atoms. The van der Waals surface area contributed by atoms with Crippen molar-refractivity contribution in [2.24, 2.45) is 34.0 Å². The number of fused-ring (bicyclic) bond motifs is 5. The van der Waals surface area contributed by atoms with E-state index in [-0.39, 0.29) is 57.7 Å². The first-order valence-corrected chi connectivity index (χ1v) is 12.2. The molecule has 3 fully saturated rings. The van der Waals surface area contributed by atoms with Crippen molar-refractivity contribution in [3.8, 4) is 0 Å². The number of aliphatic hydroxyl groups is 1. The summed E-state index contributed by atoms with van der Waals surface area (Å²) in [7, 11) is 0. The van der Waals surface area contributed by atoms with Gasteiger partial charge in [0.25, 0.3) is 0 Å². The van der Waals surface area contributed by atoms with Gasteiger partial charge < -0.3 is 14.6 Å². The van der Waals surface area contributed by atoms with Gasteiger partial charge in [-0.15, -0.1) is 0 Å². The summed E-state index contributed by atoms with van der Waals surface area (Å²) in [6.07, 6.45) is 6.72. The van der Waals surface area contributed by atoms with E-state index in [4.69, 9.17) is 9.47 Å². The SMILES string of the molecule is CC(=O)O[C@@H]1C[C@@H]2[C@@]3(C)C[C@H]3[C@H](OC(C)=O)C[C@@]2(C)C2=CC[C@](C)(C(Br)CO)C[C@H]21. The van der Waals surface area contributed by atoms with E-state index < -0.39 is 0 Å².